The second-order valence-electron chi connectivity index (χ2n) is 6.06. The highest BCUT2D eigenvalue weighted by molar-refractivity contribution is 7.89. The maximum atomic E-state index is 12.7. The number of carboxylic acid groups (broad SMARTS) is 1. The Bertz CT molecular complexity index is 827. The van der Waals surface area contributed by atoms with Crippen molar-refractivity contribution in [2.24, 2.45) is 0 Å². The zero-order valence-electron chi connectivity index (χ0n) is 14.6. The molecule has 0 aliphatic carbocycles. The molecule has 0 amide bonds. The molecule has 2 aromatic carbocycles. The first-order valence-electron chi connectivity index (χ1n) is 8.11. The van der Waals surface area contributed by atoms with Gasteiger partial charge in [0.05, 0.1) is 4.90 Å². The minimum Gasteiger partial charge on any atom is -0.480 e. The van der Waals surface area contributed by atoms with Gasteiger partial charge in [0.2, 0.25) is 10.0 Å². The maximum Gasteiger partial charge on any atom is 0.322 e. The molecule has 6 heteroatoms. The van der Waals surface area contributed by atoms with Crippen molar-refractivity contribution in [1.29, 1.82) is 0 Å². The van der Waals surface area contributed by atoms with Crippen molar-refractivity contribution < 1.29 is 18.3 Å². The molecule has 0 bridgehead atoms. The van der Waals surface area contributed by atoms with E-state index in [1.54, 1.807) is 12.1 Å². The van der Waals surface area contributed by atoms with Crippen LogP contribution in [0.3, 0.4) is 0 Å². The quantitative estimate of drug-likeness (QED) is 0.823. The fraction of sp³-hybridized carbons (Fsp3) is 0.316. The molecule has 0 unspecified atom stereocenters. The molecule has 1 N–H and O–H groups in total. The van der Waals surface area contributed by atoms with Crippen LogP contribution in [-0.2, 0) is 27.7 Å². The van der Waals surface area contributed by atoms with Gasteiger partial charge in [-0.1, -0.05) is 48.9 Å². The summed E-state index contributed by atoms with van der Waals surface area (Å²) in [6, 6.07) is 12.8. The summed E-state index contributed by atoms with van der Waals surface area (Å²) >= 11 is 0. The predicted molar refractivity (Wildman–Crippen MR) is 97.1 cm³/mol. The molecule has 0 aromatic heterocycles. The zero-order valence-corrected chi connectivity index (χ0v) is 15.5. The van der Waals surface area contributed by atoms with E-state index < -0.39 is 22.0 Å². The van der Waals surface area contributed by atoms with Crippen molar-refractivity contribution in [3.8, 4) is 0 Å². The van der Waals surface area contributed by atoms with E-state index in [2.05, 4.69) is 0 Å². The number of aliphatic carboxylic acids is 1. The SMILES string of the molecule is CCc1ccc(C[C@H](C(=O)O)N(C)S(=O)(=O)c2ccc(C)cc2)cc1. The minimum absolute atomic E-state index is 0.0909. The van der Waals surface area contributed by atoms with Crippen LogP contribution in [0.5, 0.6) is 0 Å². The summed E-state index contributed by atoms with van der Waals surface area (Å²) in [7, 11) is -2.57. The highest BCUT2D eigenvalue weighted by Crippen LogP contribution is 2.20. The van der Waals surface area contributed by atoms with Crippen molar-refractivity contribution in [3.63, 3.8) is 0 Å². The van der Waals surface area contributed by atoms with Gasteiger partial charge in [0.1, 0.15) is 6.04 Å². The molecule has 0 saturated heterocycles. The molecule has 0 spiro atoms. The summed E-state index contributed by atoms with van der Waals surface area (Å²) < 4.78 is 26.4. The van der Waals surface area contributed by atoms with E-state index in [-0.39, 0.29) is 11.3 Å². The summed E-state index contributed by atoms with van der Waals surface area (Å²) in [6.07, 6.45) is 1.01. The first-order chi connectivity index (χ1) is 11.8. The van der Waals surface area contributed by atoms with Crippen LogP contribution in [0, 0.1) is 6.92 Å². The minimum atomic E-state index is -3.88. The Labute approximate surface area is 149 Å². The van der Waals surface area contributed by atoms with Crippen LogP contribution < -0.4 is 0 Å². The number of likely N-dealkylation sites (N-methyl/N-ethyl adjacent to an activating group) is 1. The number of sulfonamides is 1. The lowest BCUT2D eigenvalue weighted by molar-refractivity contribution is -0.141. The largest absolute Gasteiger partial charge is 0.480 e. The van der Waals surface area contributed by atoms with E-state index in [1.165, 1.54) is 19.2 Å². The third-order valence-electron chi connectivity index (χ3n) is 4.28. The average Bonchev–Trinajstić information content (AvgIpc) is 2.59. The number of carboxylic acids is 1. The van der Waals surface area contributed by atoms with Crippen molar-refractivity contribution in [1.82, 2.24) is 4.31 Å². The van der Waals surface area contributed by atoms with Crippen LogP contribution in [-0.4, -0.2) is 36.9 Å². The molecule has 0 aliphatic rings. The number of aryl methyl sites for hydroxylation is 2. The van der Waals surface area contributed by atoms with E-state index >= 15 is 0 Å². The van der Waals surface area contributed by atoms with Crippen molar-refractivity contribution in [2.45, 2.75) is 37.6 Å². The third-order valence-corrected chi connectivity index (χ3v) is 6.16. The molecule has 0 fully saturated rings. The normalized spacial score (nSPS) is 13.0. The van der Waals surface area contributed by atoms with Crippen LogP contribution in [0.4, 0.5) is 0 Å². The van der Waals surface area contributed by atoms with Gasteiger partial charge in [0.25, 0.3) is 0 Å². The third kappa shape index (κ3) is 4.46. The van der Waals surface area contributed by atoms with E-state index in [0.29, 0.717) is 0 Å². The Balaban J connectivity index is 2.28. The van der Waals surface area contributed by atoms with E-state index in [0.717, 1.165) is 27.4 Å². The fourth-order valence-electron chi connectivity index (χ4n) is 2.55. The summed E-state index contributed by atoms with van der Waals surface area (Å²) in [6.45, 7) is 3.90. The number of nitrogens with zero attached hydrogens (tertiary/aromatic N) is 1. The molecule has 25 heavy (non-hydrogen) atoms. The summed E-state index contributed by atoms with van der Waals surface area (Å²) in [5.41, 5.74) is 2.87. The molecule has 1 atom stereocenters. The zero-order chi connectivity index (χ0) is 18.6. The molecular weight excluding hydrogens is 338 g/mol. The van der Waals surface area contributed by atoms with Crippen molar-refractivity contribution in [2.75, 3.05) is 7.05 Å². The fourth-order valence-corrected chi connectivity index (χ4v) is 3.86. The lowest BCUT2D eigenvalue weighted by Gasteiger charge is -2.24. The number of hydrogen-bond acceptors (Lipinski definition) is 3. The molecule has 0 aliphatic heterocycles. The Kier molecular flexibility index (Phi) is 5.98. The van der Waals surface area contributed by atoms with Gasteiger partial charge in [-0.3, -0.25) is 4.79 Å². The molecule has 2 rings (SSSR count). The van der Waals surface area contributed by atoms with Crippen LogP contribution in [0.2, 0.25) is 0 Å². The van der Waals surface area contributed by atoms with Crippen LogP contribution in [0.1, 0.15) is 23.6 Å². The first-order valence-corrected chi connectivity index (χ1v) is 9.55. The molecule has 2 aromatic rings. The van der Waals surface area contributed by atoms with Gasteiger partial charge in [-0.15, -0.1) is 0 Å². The smallest absolute Gasteiger partial charge is 0.322 e. The second-order valence-corrected chi connectivity index (χ2v) is 8.06. The van der Waals surface area contributed by atoms with E-state index in [9.17, 15) is 18.3 Å². The molecular formula is C19H23NO4S. The van der Waals surface area contributed by atoms with E-state index in [4.69, 9.17) is 0 Å². The Morgan fingerprint density at radius 1 is 1.04 bits per heavy atom. The van der Waals surface area contributed by atoms with Gasteiger partial charge in [-0.05, 0) is 43.0 Å². The summed E-state index contributed by atoms with van der Waals surface area (Å²) in [5.74, 6) is -1.17. The highest BCUT2D eigenvalue weighted by Gasteiger charge is 2.32. The number of rotatable bonds is 7. The van der Waals surface area contributed by atoms with Gasteiger partial charge < -0.3 is 5.11 Å². The maximum absolute atomic E-state index is 12.7. The summed E-state index contributed by atoms with van der Waals surface area (Å²) in [4.78, 5) is 11.8. The van der Waals surface area contributed by atoms with Crippen LogP contribution >= 0.6 is 0 Å². The number of carbonyl (C=O) groups is 1. The highest BCUT2D eigenvalue weighted by atomic mass is 32.2. The Morgan fingerprint density at radius 3 is 2.04 bits per heavy atom. The monoisotopic (exact) mass is 361 g/mol. The van der Waals surface area contributed by atoms with Crippen LogP contribution in [0.15, 0.2) is 53.4 Å². The number of benzene rings is 2. The molecule has 0 heterocycles. The molecule has 0 radical (unpaired) electrons. The van der Waals surface area contributed by atoms with E-state index in [1.807, 2.05) is 38.1 Å². The lowest BCUT2D eigenvalue weighted by atomic mass is 10.0. The van der Waals surface area contributed by atoms with Gasteiger partial charge in [0, 0.05) is 7.05 Å². The Hall–Kier alpha value is -2.18. The predicted octanol–water partition coefficient (Wildman–Crippen LogP) is 2.87. The van der Waals surface area contributed by atoms with Gasteiger partial charge in [-0.25, -0.2) is 8.42 Å². The first kappa shape index (κ1) is 19.1. The second kappa shape index (κ2) is 7.80. The standard InChI is InChI=1S/C19H23NO4S/c1-4-15-7-9-16(10-8-15)13-18(19(21)22)20(3)25(23,24)17-11-5-14(2)6-12-17/h5-12,18H,4,13H2,1-3H3,(H,21,22)/t18-/m1/s1. The summed E-state index contributed by atoms with van der Waals surface area (Å²) in [5, 5.41) is 9.55. The van der Waals surface area contributed by atoms with Crippen molar-refractivity contribution in [3.05, 3.63) is 65.2 Å². The van der Waals surface area contributed by atoms with Gasteiger partial charge >= 0.3 is 5.97 Å². The Morgan fingerprint density at radius 2 is 1.56 bits per heavy atom. The molecule has 134 valence electrons. The van der Waals surface area contributed by atoms with Gasteiger partial charge in [-0.2, -0.15) is 4.31 Å². The lowest BCUT2D eigenvalue weighted by Crippen LogP contribution is -2.43. The molecule has 5 nitrogen and oxygen atoms in total. The topological polar surface area (TPSA) is 74.7 Å². The van der Waals surface area contributed by atoms with Gasteiger partial charge in [0.15, 0.2) is 0 Å². The van der Waals surface area contributed by atoms with Crippen LogP contribution in [0.25, 0.3) is 0 Å². The van der Waals surface area contributed by atoms with Crippen molar-refractivity contribution >= 4 is 16.0 Å². The number of hydrogen-bond donors (Lipinski definition) is 1. The average molecular weight is 361 g/mol. The molecule has 0 saturated carbocycles.